The molecule has 3 heteroatoms. The van der Waals surface area contributed by atoms with Crippen LogP contribution >= 0.6 is 0 Å². The first-order valence-electron chi connectivity index (χ1n) is 25.6. The summed E-state index contributed by atoms with van der Waals surface area (Å²) >= 11 is 0. The van der Waals surface area contributed by atoms with Gasteiger partial charge in [0, 0.05) is 50.2 Å². The predicted molar refractivity (Wildman–Crippen MR) is 317 cm³/mol. The molecule has 0 fully saturated rings. The minimum absolute atomic E-state index is 0.894. The first-order valence-corrected chi connectivity index (χ1v) is 25.6. The summed E-state index contributed by atoms with van der Waals surface area (Å²) < 4.78 is 6.61. The molecule has 14 rings (SSSR count). The highest BCUT2D eigenvalue weighted by Crippen LogP contribution is 2.46. The molecule has 1 aromatic heterocycles. The molecule has 0 aliphatic rings. The summed E-state index contributed by atoms with van der Waals surface area (Å²) in [4.78, 5) is 4.80. The Morgan fingerprint density at radius 2 is 0.680 bits per heavy atom. The van der Waals surface area contributed by atoms with Crippen molar-refractivity contribution >= 4 is 88.4 Å². The van der Waals surface area contributed by atoms with Crippen molar-refractivity contribution in [1.29, 1.82) is 0 Å². The van der Waals surface area contributed by atoms with Crippen molar-refractivity contribution in [1.82, 2.24) is 0 Å². The van der Waals surface area contributed by atoms with E-state index < -0.39 is 0 Å². The van der Waals surface area contributed by atoms with Crippen LogP contribution in [0.4, 0.5) is 34.1 Å². The van der Waals surface area contributed by atoms with Gasteiger partial charge in [-0.05, 0) is 139 Å². The number of rotatable bonds is 10. The Morgan fingerprint density at radius 1 is 0.227 bits per heavy atom. The average molecular weight is 957 g/mol. The predicted octanol–water partition coefficient (Wildman–Crippen LogP) is 20.7. The van der Waals surface area contributed by atoms with Gasteiger partial charge in [0.15, 0.2) is 0 Å². The first-order chi connectivity index (χ1) is 37.2. The molecule has 0 aliphatic heterocycles. The van der Waals surface area contributed by atoms with Crippen LogP contribution in [0.25, 0.3) is 98.8 Å². The van der Waals surface area contributed by atoms with E-state index in [2.05, 4.69) is 295 Å². The Kier molecular flexibility index (Phi) is 10.8. The third-order valence-electron chi connectivity index (χ3n) is 14.8. The number of nitrogens with zero attached hydrogens (tertiary/aromatic N) is 2. The maximum absolute atomic E-state index is 6.61. The molecular weight excluding hydrogens is 909 g/mol. The quantitative estimate of drug-likeness (QED) is 0.136. The van der Waals surface area contributed by atoms with Gasteiger partial charge in [0.1, 0.15) is 11.2 Å². The lowest BCUT2D eigenvalue weighted by Crippen LogP contribution is -2.11. The number of hydrogen-bond acceptors (Lipinski definition) is 3. The lowest BCUT2D eigenvalue weighted by molar-refractivity contribution is 0.670. The van der Waals surface area contributed by atoms with Gasteiger partial charge < -0.3 is 14.2 Å². The molecule has 13 aromatic carbocycles. The summed E-state index contributed by atoms with van der Waals surface area (Å²) in [6, 6.07) is 105. The Morgan fingerprint density at radius 3 is 1.33 bits per heavy atom. The number of hydrogen-bond donors (Lipinski definition) is 0. The minimum Gasteiger partial charge on any atom is -0.455 e. The number of anilines is 6. The summed E-state index contributed by atoms with van der Waals surface area (Å²) in [5, 5.41) is 9.33. The summed E-state index contributed by atoms with van der Waals surface area (Å²) in [5.41, 5.74) is 17.5. The second-order valence-electron chi connectivity index (χ2n) is 19.3. The van der Waals surface area contributed by atoms with Crippen molar-refractivity contribution in [2.45, 2.75) is 0 Å². The maximum Gasteiger partial charge on any atom is 0.143 e. The van der Waals surface area contributed by atoms with E-state index in [-0.39, 0.29) is 0 Å². The van der Waals surface area contributed by atoms with E-state index in [1.54, 1.807) is 0 Å². The molecule has 0 saturated heterocycles. The average Bonchev–Trinajstić information content (AvgIpc) is 3.89. The van der Waals surface area contributed by atoms with E-state index in [1.165, 1.54) is 43.8 Å². The highest BCUT2D eigenvalue weighted by Gasteiger charge is 2.21. The molecule has 352 valence electrons. The molecule has 14 aromatic rings. The SMILES string of the molecule is c1ccc(-c2ccc(-c3ccc(N(c4cccc(-c5cccc(N(c6ccc7ccccc7c6)c6ccc(-c7cccc8c7oc7ccccc78)c7ccccc67)c5)c4)c4ccc5ccccc5c4)cc3)cc2)cc1. The fourth-order valence-corrected chi connectivity index (χ4v) is 11.1. The van der Waals surface area contributed by atoms with Crippen molar-refractivity contribution in [3.05, 3.63) is 291 Å². The van der Waals surface area contributed by atoms with Crippen LogP contribution in [0.5, 0.6) is 0 Å². The van der Waals surface area contributed by atoms with Crippen molar-refractivity contribution in [2.75, 3.05) is 9.80 Å². The van der Waals surface area contributed by atoms with Crippen LogP contribution in [0.3, 0.4) is 0 Å². The van der Waals surface area contributed by atoms with Gasteiger partial charge in [-0.1, -0.05) is 218 Å². The van der Waals surface area contributed by atoms with Crippen LogP contribution < -0.4 is 9.80 Å². The zero-order valence-corrected chi connectivity index (χ0v) is 41.0. The van der Waals surface area contributed by atoms with E-state index >= 15 is 0 Å². The van der Waals surface area contributed by atoms with Crippen LogP contribution in [0, 0.1) is 0 Å². The van der Waals surface area contributed by atoms with Gasteiger partial charge in [-0.25, -0.2) is 0 Å². The molecule has 0 aliphatic carbocycles. The molecule has 1 heterocycles. The molecule has 0 amide bonds. The zero-order chi connectivity index (χ0) is 49.7. The molecule has 0 N–H and O–H groups in total. The molecular formula is C72H48N2O. The highest BCUT2D eigenvalue weighted by molar-refractivity contribution is 6.14. The topological polar surface area (TPSA) is 19.6 Å². The third-order valence-corrected chi connectivity index (χ3v) is 14.8. The normalized spacial score (nSPS) is 11.5. The Hall–Kier alpha value is -9.96. The van der Waals surface area contributed by atoms with E-state index in [9.17, 15) is 0 Å². The number of fused-ring (bicyclic) bond motifs is 6. The minimum atomic E-state index is 0.894. The van der Waals surface area contributed by atoms with E-state index in [0.717, 1.165) is 89.1 Å². The number of furan rings is 1. The first kappa shape index (κ1) is 43.8. The highest BCUT2D eigenvalue weighted by atomic mass is 16.3. The Bertz CT molecular complexity index is 4420. The van der Waals surface area contributed by atoms with Crippen LogP contribution in [-0.4, -0.2) is 0 Å². The molecule has 75 heavy (non-hydrogen) atoms. The fraction of sp³-hybridized carbons (Fsp3) is 0. The molecule has 0 radical (unpaired) electrons. The maximum atomic E-state index is 6.61. The second-order valence-corrected chi connectivity index (χ2v) is 19.3. The standard InChI is InChI=1S/C72H48N2O/c1-2-15-49(16-3-1)52-31-33-53(34-32-52)54-35-39-59(40-36-54)73(62-41-37-50-17-4-6-19-55(50)45-62)60-23-12-21-57(47-60)58-22-13-24-61(48-58)74(63-42-38-51-18-5-7-20-56(51)46-63)70-44-43-65(64-25-8-9-26-66(64)70)68-28-14-29-69-67-27-10-11-30-71(67)75-72(68)69/h1-48H. The van der Waals surface area contributed by atoms with Gasteiger partial charge in [0.2, 0.25) is 0 Å². The largest absolute Gasteiger partial charge is 0.455 e. The van der Waals surface area contributed by atoms with Crippen LogP contribution in [0.15, 0.2) is 296 Å². The molecule has 3 nitrogen and oxygen atoms in total. The monoisotopic (exact) mass is 956 g/mol. The van der Waals surface area contributed by atoms with Crippen LogP contribution in [0.2, 0.25) is 0 Å². The van der Waals surface area contributed by atoms with E-state index in [4.69, 9.17) is 4.42 Å². The smallest absolute Gasteiger partial charge is 0.143 e. The summed E-state index contributed by atoms with van der Waals surface area (Å²) in [5.74, 6) is 0. The number of benzene rings is 13. The summed E-state index contributed by atoms with van der Waals surface area (Å²) in [6.07, 6.45) is 0. The lowest BCUT2D eigenvalue weighted by Gasteiger charge is -2.28. The number of para-hydroxylation sites is 2. The van der Waals surface area contributed by atoms with Crippen LogP contribution in [-0.2, 0) is 0 Å². The molecule has 0 bridgehead atoms. The van der Waals surface area contributed by atoms with Gasteiger partial charge >= 0.3 is 0 Å². The third kappa shape index (κ3) is 8.04. The van der Waals surface area contributed by atoms with Gasteiger partial charge in [0.05, 0.1) is 5.69 Å². The van der Waals surface area contributed by atoms with E-state index in [1.807, 2.05) is 6.07 Å². The fourth-order valence-electron chi connectivity index (χ4n) is 11.1. The Balaban J connectivity index is 0.875. The van der Waals surface area contributed by atoms with Crippen molar-refractivity contribution in [3.63, 3.8) is 0 Å². The zero-order valence-electron chi connectivity index (χ0n) is 41.0. The molecule has 0 unspecified atom stereocenters. The van der Waals surface area contributed by atoms with Crippen molar-refractivity contribution < 1.29 is 4.42 Å². The summed E-state index contributed by atoms with van der Waals surface area (Å²) in [6.45, 7) is 0. The Labute approximate surface area is 436 Å². The second kappa shape index (κ2) is 18.6. The molecule has 0 spiro atoms. The van der Waals surface area contributed by atoms with Crippen molar-refractivity contribution in [3.8, 4) is 44.5 Å². The van der Waals surface area contributed by atoms with Crippen molar-refractivity contribution in [2.24, 2.45) is 0 Å². The molecule has 0 saturated carbocycles. The lowest BCUT2D eigenvalue weighted by atomic mass is 9.94. The van der Waals surface area contributed by atoms with Gasteiger partial charge in [-0.15, -0.1) is 0 Å². The van der Waals surface area contributed by atoms with Gasteiger partial charge in [-0.2, -0.15) is 0 Å². The van der Waals surface area contributed by atoms with Gasteiger partial charge in [0.25, 0.3) is 0 Å². The van der Waals surface area contributed by atoms with Gasteiger partial charge in [-0.3, -0.25) is 0 Å². The summed E-state index contributed by atoms with van der Waals surface area (Å²) in [7, 11) is 0. The van der Waals surface area contributed by atoms with E-state index in [0.29, 0.717) is 0 Å². The molecule has 0 atom stereocenters. The van der Waals surface area contributed by atoms with Crippen LogP contribution in [0.1, 0.15) is 0 Å².